The minimum absolute atomic E-state index is 0.0597. The summed E-state index contributed by atoms with van der Waals surface area (Å²) in [6.07, 6.45) is 0. The second-order valence-electron chi connectivity index (χ2n) is 6.24. The Morgan fingerprint density at radius 3 is 2.36 bits per heavy atom. The first kappa shape index (κ1) is 18.6. The van der Waals surface area contributed by atoms with E-state index in [1.807, 2.05) is 0 Å². The van der Waals surface area contributed by atoms with E-state index in [1.165, 1.54) is 31.4 Å². The lowest BCUT2D eigenvalue weighted by Gasteiger charge is -2.24. The zero-order chi connectivity index (χ0) is 18.6. The molecule has 1 amide bonds. The number of carbonyl (C=O) groups excluding carboxylic acids is 1. The van der Waals surface area contributed by atoms with Crippen molar-refractivity contribution in [2.24, 2.45) is 0 Å². The van der Waals surface area contributed by atoms with Crippen LogP contribution in [-0.4, -0.2) is 24.1 Å². The monoisotopic (exact) mass is 345 g/mol. The fraction of sp³-hybridized carbons (Fsp3) is 0.263. The molecular formula is C19H20FNO4. The zero-order valence-electron chi connectivity index (χ0n) is 14.3. The number of ether oxygens (including phenoxy) is 1. The molecule has 0 spiro atoms. The first-order valence-electron chi connectivity index (χ1n) is 7.67. The molecule has 0 atom stereocenters. The van der Waals surface area contributed by atoms with Crippen molar-refractivity contribution < 1.29 is 23.8 Å². The van der Waals surface area contributed by atoms with Crippen LogP contribution in [0, 0.1) is 5.82 Å². The van der Waals surface area contributed by atoms with Crippen LogP contribution in [0.1, 0.15) is 35.3 Å². The SMILES string of the molecule is COCc1cc(NC(=O)C(C)(C)c2ccc(F)cc2)cc(C(=O)O)c1. The van der Waals surface area contributed by atoms with Crippen LogP contribution in [0.2, 0.25) is 0 Å². The Labute approximate surface area is 145 Å². The predicted molar refractivity (Wildman–Crippen MR) is 92.2 cm³/mol. The van der Waals surface area contributed by atoms with Crippen LogP contribution >= 0.6 is 0 Å². The Morgan fingerprint density at radius 2 is 1.80 bits per heavy atom. The van der Waals surface area contributed by atoms with Gasteiger partial charge in [-0.15, -0.1) is 0 Å². The minimum atomic E-state index is -1.09. The molecule has 0 radical (unpaired) electrons. The van der Waals surface area contributed by atoms with Gasteiger partial charge < -0.3 is 15.2 Å². The standard InChI is InChI=1S/C19H20FNO4/c1-19(2,14-4-6-15(20)7-5-14)18(24)21-16-9-12(11-25-3)8-13(10-16)17(22)23/h4-10H,11H2,1-3H3,(H,21,24)(H,22,23). The molecule has 2 rings (SSSR count). The van der Waals surface area contributed by atoms with Gasteiger partial charge >= 0.3 is 5.97 Å². The molecule has 25 heavy (non-hydrogen) atoms. The molecular weight excluding hydrogens is 325 g/mol. The topological polar surface area (TPSA) is 75.6 Å². The molecule has 0 aliphatic rings. The maximum Gasteiger partial charge on any atom is 0.335 e. The van der Waals surface area contributed by atoms with E-state index in [2.05, 4.69) is 5.32 Å². The van der Waals surface area contributed by atoms with Crippen LogP contribution < -0.4 is 5.32 Å². The number of nitrogens with one attached hydrogen (secondary N) is 1. The first-order chi connectivity index (χ1) is 11.7. The van der Waals surface area contributed by atoms with Gasteiger partial charge in [0, 0.05) is 12.8 Å². The summed E-state index contributed by atoms with van der Waals surface area (Å²) in [4.78, 5) is 23.9. The fourth-order valence-corrected chi connectivity index (χ4v) is 2.42. The molecule has 0 fully saturated rings. The number of halogens is 1. The van der Waals surface area contributed by atoms with Crippen molar-refractivity contribution >= 4 is 17.6 Å². The average molecular weight is 345 g/mol. The minimum Gasteiger partial charge on any atom is -0.478 e. The van der Waals surface area contributed by atoms with Gasteiger partial charge in [-0.25, -0.2) is 9.18 Å². The number of hydrogen-bond acceptors (Lipinski definition) is 3. The van der Waals surface area contributed by atoms with Crippen LogP contribution in [0.3, 0.4) is 0 Å². The molecule has 5 nitrogen and oxygen atoms in total. The number of rotatable bonds is 6. The molecule has 0 bridgehead atoms. The third-order valence-electron chi connectivity index (χ3n) is 3.94. The van der Waals surface area contributed by atoms with Crippen LogP contribution in [-0.2, 0) is 21.6 Å². The Kier molecular flexibility index (Phi) is 5.54. The molecule has 2 aromatic carbocycles. The second kappa shape index (κ2) is 7.44. The maximum absolute atomic E-state index is 13.1. The maximum atomic E-state index is 13.1. The van der Waals surface area contributed by atoms with Crippen molar-refractivity contribution in [1.29, 1.82) is 0 Å². The zero-order valence-corrected chi connectivity index (χ0v) is 14.3. The van der Waals surface area contributed by atoms with E-state index < -0.39 is 11.4 Å². The largest absolute Gasteiger partial charge is 0.478 e. The van der Waals surface area contributed by atoms with Gasteiger partial charge in [0.2, 0.25) is 5.91 Å². The van der Waals surface area contributed by atoms with Crippen molar-refractivity contribution in [1.82, 2.24) is 0 Å². The van der Waals surface area contributed by atoms with Crippen LogP contribution in [0.15, 0.2) is 42.5 Å². The number of carbonyl (C=O) groups is 2. The summed E-state index contributed by atoms with van der Waals surface area (Å²) >= 11 is 0. The second-order valence-corrected chi connectivity index (χ2v) is 6.24. The molecule has 6 heteroatoms. The van der Waals surface area contributed by atoms with Crippen molar-refractivity contribution in [2.75, 3.05) is 12.4 Å². The van der Waals surface area contributed by atoms with E-state index in [9.17, 15) is 19.1 Å². The number of aromatic carboxylic acids is 1. The number of amides is 1. The quantitative estimate of drug-likeness (QED) is 0.839. The lowest BCUT2D eigenvalue weighted by molar-refractivity contribution is -0.120. The molecule has 0 saturated heterocycles. The number of carboxylic acid groups (broad SMARTS) is 1. The highest BCUT2D eigenvalue weighted by Crippen LogP contribution is 2.26. The summed E-state index contributed by atoms with van der Waals surface area (Å²) in [6.45, 7) is 3.66. The van der Waals surface area contributed by atoms with Crippen molar-refractivity contribution in [3.8, 4) is 0 Å². The Morgan fingerprint density at radius 1 is 1.16 bits per heavy atom. The number of hydrogen-bond donors (Lipinski definition) is 2. The highest BCUT2D eigenvalue weighted by Gasteiger charge is 2.30. The molecule has 0 aliphatic carbocycles. The fourth-order valence-electron chi connectivity index (χ4n) is 2.42. The molecule has 0 heterocycles. The number of anilines is 1. The summed E-state index contributed by atoms with van der Waals surface area (Å²) in [7, 11) is 1.50. The molecule has 0 aromatic heterocycles. The Balaban J connectivity index is 2.29. The van der Waals surface area contributed by atoms with Gasteiger partial charge in [-0.3, -0.25) is 4.79 Å². The third kappa shape index (κ3) is 4.42. The van der Waals surface area contributed by atoms with Gasteiger partial charge in [0.1, 0.15) is 5.82 Å². The number of benzene rings is 2. The van der Waals surface area contributed by atoms with Crippen molar-refractivity contribution in [2.45, 2.75) is 25.9 Å². The highest BCUT2D eigenvalue weighted by atomic mass is 19.1. The molecule has 132 valence electrons. The van der Waals surface area contributed by atoms with Crippen LogP contribution in [0.25, 0.3) is 0 Å². The molecule has 0 unspecified atom stereocenters. The van der Waals surface area contributed by atoms with E-state index in [4.69, 9.17) is 4.74 Å². The van der Waals surface area contributed by atoms with E-state index >= 15 is 0 Å². The van der Waals surface area contributed by atoms with Crippen LogP contribution in [0.5, 0.6) is 0 Å². The molecule has 2 N–H and O–H groups in total. The normalized spacial score (nSPS) is 11.2. The summed E-state index contributed by atoms with van der Waals surface area (Å²) in [6, 6.07) is 10.2. The third-order valence-corrected chi connectivity index (χ3v) is 3.94. The molecule has 0 saturated carbocycles. The van der Waals surface area contributed by atoms with E-state index in [0.29, 0.717) is 16.8 Å². The van der Waals surface area contributed by atoms with Gasteiger partial charge in [-0.05, 0) is 55.3 Å². The Hall–Kier alpha value is -2.73. The summed E-state index contributed by atoms with van der Waals surface area (Å²) < 4.78 is 18.1. The highest BCUT2D eigenvalue weighted by molar-refractivity contribution is 5.99. The van der Waals surface area contributed by atoms with Gasteiger partial charge in [-0.1, -0.05) is 12.1 Å². The van der Waals surface area contributed by atoms with Crippen molar-refractivity contribution in [3.05, 3.63) is 65.0 Å². The summed E-state index contributed by atoms with van der Waals surface area (Å²) in [5.41, 5.74) is 0.792. The average Bonchev–Trinajstić information content (AvgIpc) is 2.55. The van der Waals surface area contributed by atoms with Crippen LogP contribution in [0.4, 0.5) is 10.1 Å². The van der Waals surface area contributed by atoms with Gasteiger partial charge in [0.05, 0.1) is 17.6 Å². The summed E-state index contributed by atoms with van der Waals surface area (Å²) in [5.74, 6) is -1.80. The number of methoxy groups -OCH3 is 1. The Bertz CT molecular complexity index is 785. The first-order valence-corrected chi connectivity index (χ1v) is 7.67. The smallest absolute Gasteiger partial charge is 0.335 e. The lowest BCUT2D eigenvalue weighted by Crippen LogP contribution is -2.34. The molecule has 0 aliphatic heterocycles. The van der Waals surface area contributed by atoms with Gasteiger partial charge in [0.15, 0.2) is 0 Å². The van der Waals surface area contributed by atoms with Gasteiger partial charge in [-0.2, -0.15) is 0 Å². The van der Waals surface area contributed by atoms with Gasteiger partial charge in [0.25, 0.3) is 0 Å². The van der Waals surface area contributed by atoms with E-state index in [1.54, 1.807) is 32.0 Å². The lowest BCUT2D eigenvalue weighted by atomic mass is 9.83. The van der Waals surface area contributed by atoms with E-state index in [0.717, 1.165) is 0 Å². The molecule has 2 aromatic rings. The van der Waals surface area contributed by atoms with Crippen molar-refractivity contribution in [3.63, 3.8) is 0 Å². The number of carboxylic acids is 1. The van der Waals surface area contributed by atoms with E-state index in [-0.39, 0.29) is 23.9 Å². The summed E-state index contributed by atoms with van der Waals surface area (Å²) in [5, 5.41) is 11.9. The predicted octanol–water partition coefficient (Wildman–Crippen LogP) is 3.59.